The average molecular weight is 335 g/mol. The monoisotopic (exact) mass is 335 g/mol. The first-order valence-corrected chi connectivity index (χ1v) is 8.16. The Morgan fingerprint density at radius 3 is 2.40 bits per heavy atom. The second kappa shape index (κ2) is 9.24. The van der Waals surface area contributed by atoms with Gasteiger partial charge >= 0.3 is 0 Å². The Morgan fingerprint density at radius 2 is 1.68 bits per heavy atom. The molecule has 0 atom stereocenters. The molecule has 2 aromatic carbocycles. The lowest BCUT2D eigenvalue weighted by molar-refractivity contribution is -0.121. The van der Waals surface area contributed by atoms with Crippen LogP contribution in [-0.2, 0) is 22.6 Å². The second-order valence-electron chi connectivity index (χ2n) is 5.74. The summed E-state index contributed by atoms with van der Waals surface area (Å²) in [7, 11) is 0. The first-order valence-electron chi connectivity index (χ1n) is 8.16. The molecule has 2 N–H and O–H groups in total. The fourth-order valence-electron chi connectivity index (χ4n) is 2.48. The van der Waals surface area contributed by atoms with Gasteiger partial charge in [-0.05, 0) is 36.1 Å². The van der Waals surface area contributed by atoms with E-state index >= 15 is 0 Å². The van der Waals surface area contributed by atoms with Gasteiger partial charge in [0, 0.05) is 18.7 Å². The van der Waals surface area contributed by atoms with Gasteiger partial charge in [0.2, 0.25) is 11.8 Å². The van der Waals surface area contributed by atoms with Crippen molar-refractivity contribution in [2.45, 2.75) is 32.7 Å². The van der Waals surface area contributed by atoms with Crippen molar-refractivity contribution in [3.63, 3.8) is 0 Å². The number of amides is 2. The minimum atomic E-state index is -0.360. The van der Waals surface area contributed by atoms with E-state index in [2.05, 4.69) is 10.6 Å². The Kier molecular flexibility index (Phi) is 6.73. The first kappa shape index (κ1) is 18.2. The Balaban J connectivity index is 1.88. The molecule has 0 aliphatic rings. The van der Waals surface area contributed by atoms with Crippen LogP contribution in [0.4, 0.5) is 5.69 Å². The van der Waals surface area contributed by atoms with Crippen LogP contribution in [0.2, 0.25) is 0 Å². The van der Waals surface area contributed by atoms with Crippen molar-refractivity contribution in [2.75, 3.05) is 5.32 Å². The summed E-state index contributed by atoms with van der Waals surface area (Å²) in [4.78, 5) is 23.7. The van der Waals surface area contributed by atoms with E-state index in [0.29, 0.717) is 25.1 Å². The van der Waals surface area contributed by atoms with Gasteiger partial charge in [-0.3, -0.25) is 9.59 Å². The zero-order valence-electron chi connectivity index (χ0n) is 14.2. The number of hydrogen-bond donors (Lipinski definition) is 2. The van der Waals surface area contributed by atoms with Crippen LogP contribution in [0.15, 0.2) is 48.5 Å². The molecular weight excluding hydrogens is 314 g/mol. The maximum atomic E-state index is 12.1. The fourth-order valence-corrected chi connectivity index (χ4v) is 2.48. The van der Waals surface area contributed by atoms with E-state index in [4.69, 9.17) is 5.26 Å². The smallest absolute Gasteiger partial charge is 0.238 e. The molecule has 0 unspecified atom stereocenters. The topological polar surface area (TPSA) is 82.0 Å². The summed E-state index contributed by atoms with van der Waals surface area (Å²) in [5.41, 5.74) is 3.77. The van der Waals surface area contributed by atoms with Gasteiger partial charge in [0.25, 0.3) is 0 Å². The van der Waals surface area contributed by atoms with E-state index in [-0.39, 0.29) is 18.2 Å². The van der Waals surface area contributed by atoms with Crippen LogP contribution in [0.3, 0.4) is 0 Å². The molecule has 0 radical (unpaired) electrons. The summed E-state index contributed by atoms with van der Waals surface area (Å²) in [6.45, 7) is 2.36. The highest BCUT2D eigenvalue weighted by molar-refractivity contribution is 5.92. The Hall–Kier alpha value is -3.13. The van der Waals surface area contributed by atoms with Gasteiger partial charge in [-0.1, -0.05) is 42.5 Å². The molecule has 0 heterocycles. The molecular formula is C20H21N3O2. The van der Waals surface area contributed by atoms with Crippen LogP contribution in [0.25, 0.3) is 0 Å². The van der Waals surface area contributed by atoms with E-state index in [0.717, 1.165) is 5.56 Å². The molecule has 0 aromatic heterocycles. The molecule has 25 heavy (non-hydrogen) atoms. The molecule has 128 valence electrons. The summed E-state index contributed by atoms with van der Waals surface area (Å²) < 4.78 is 0. The van der Waals surface area contributed by atoms with Crippen molar-refractivity contribution >= 4 is 17.5 Å². The quantitative estimate of drug-likeness (QED) is 0.816. The third-order valence-corrected chi connectivity index (χ3v) is 3.89. The molecule has 0 spiro atoms. The maximum absolute atomic E-state index is 12.1. The SMILES string of the molecule is Cc1ccccc1CCC(=O)NCc1ccccc1NC(=O)CC#N. The Bertz CT molecular complexity index is 794. The van der Waals surface area contributed by atoms with Crippen LogP contribution < -0.4 is 10.6 Å². The number of anilines is 1. The van der Waals surface area contributed by atoms with Gasteiger partial charge in [-0.2, -0.15) is 5.26 Å². The third-order valence-electron chi connectivity index (χ3n) is 3.89. The fraction of sp³-hybridized carbons (Fsp3) is 0.250. The molecule has 2 rings (SSSR count). The number of nitriles is 1. The summed E-state index contributed by atoms with van der Waals surface area (Å²) in [5, 5.41) is 14.1. The van der Waals surface area contributed by atoms with E-state index in [1.165, 1.54) is 11.1 Å². The minimum absolute atomic E-state index is 0.0404. The zero-order chi connectivity index (χ0) is 18.1. The van der Waals surface area contributed by atoms with Crippen molar-refractivity contribution < 1.29 is 9.59 Å². The van der Waals surface area contributed by atoms with Crippen LogP contribution in [0.5, 0.6) is 0 Å². The maximum Gasteiger partial charge on any atom is 0.238 e. The average Bonchev–Trinajstić information content (AvgIpc) is 2.60. The van der Waals surface area contributed by atoms with Crippen molar-refractivity contribution in [3.8, 4) is 6.07 Å². The molecule has 0 aliphatic heterocycles. The van der Waals surface area contributed by atoms with Crippen LogP contribution in [0, 0.1) is 18.3 Å². The van der Waals surface area contributed by atoms with E-state index in [1.807, 2.05) is 49.4 Å². The van der Waals surface area contributed by atoms with Crippen molar-refractivity contribution in [3.05, 3.63) is 65.2 Å². The molecule has 2 amide bonds. The normalized spacial score (nSPS) is 9.92. The van der Waals surface area contributed by atoms with Crippen LogP contribution in [0.1, 0.15) is 29.5 Å². The largest absolute Gasteiger partial charge is 0.352 e. The zero-order valence-corrected chi connectivity index (χ0v) is 14.2. The van der Waals surface area contributed by atoms with Gasteiger partial charge in [0.05, 0.1) is 6.07 Å². The Labute approximate surface area is 147 Å². The van der Waals surface area contributed by atoms with E-state index < -0.39 is 0 Å². The molecule has 0 bridgehead atoms. The van der Waals surface area contributed by atoms with Gasteiger partial charge in [-0.15, -0.1) is 0 Å². The molecule has 5 heteroatoms. The van der Waals surface area contributed by atoms with Crippen LogP contribution >= 0.6 is 0 Å². The summed E-state index contributed by atoms with van der Waals surface area (Å²) in [5.74, 6) is -0.401. The molecule has 2 aromatic rings. The number of hydrogen-bond acceptors (Lipinski definition) is 3. The molecule has 0 aliphatic carbocycles. The predicted molar refractivity (Wildman–Crippen MR) is 96.6 cm³/mol. The minimum Gasteiger partial charge on any atom is -0.352 e. The second-order valence-corrected chi connectivity index (χ2v) is 5.74. The van der Waals surface area contributed by atoms with Gasteiger partial charge in [0.15, 0.2) is 0 Å². The lowest BCUT2D eigenvalue weighted by Crippen LogP contribution is -2.24. The van der Waals surface area contributed by atoms with E-state index in [1.54, 1.807) is 12.1 Å². The van der Waals surface area contributed by atoms with Crippen molar-refractivity contribution in [2.24, 2.45) is 0 Å². The lowest BCUT2D eigenvalue weighted by Gasteiger charge is -2.11. The third kappa shape index (κ3) is 5.78. The molecule has 0 fully saturated rings. The number of para-hydroxylation sites is 1. The first-order chi connectivity index (χ1) is 12.1. The van der Waals surface area contributed by atoms with Gasteiger partial charge < -0.3 is 10.6 Å². The number of carbonyl (C=O) groups is 2. The highest BCUT2D eigenvalue weighted by Gasteiger charge is 2.08. The van der Waals surface area contributed by atoms with Crippen molar-refractivity contribution in [1.82, 2.24) is 5.32 Å². The number of carbonyl (C=O) groups excluding carboxylic acids is 2. The Morgan fingerprint density at radius 1 is 1.00 bits per heavy atom. The van der Waals surface area contributed by atoms with Crippen LogP contribution in [-0.4, -0.2) is 11.8 Å². The summed E-state index contributed by atoms with van der Waals surface area (Å²) >= 11 is 0. The number of nitrogens with one attached hydrogen (secondary N) is 2. The van der Waals surface area contributed by atoms with E-state index in [9.17, 15) is 9.59 Å². The number of benzene rings is 2. The summed E-state index contributed by atoms with van der Waals surface area (Å²) in [6.07, 6.45) is 0.907. The van der Waals surface area contributed by atoms with Gasteiger partial charge in [0.1, 0.15) is 6.42 Å². The number of rotatable bonds is 7. The lowest BCUT2D eigenvalue weighted by atomic mass is 10.0. The number of nitrogens with zero attached hydrogens (tertiary/aromatic N) is 1. The molecule has 5 nitrogen and oxygen atoms in total. The molecule has 0 saturated heterocycles. The number of aryl methyl sites for hydroxylation is 2. The summed E-state index contributed by atoms with van der Waals surface area (Å²) in [6, 6.07) is 17.1. The van der Waals surface area contributed by atoms with Crippen molar-refractivity contribution in [1.29, 1.82) is 5.26 Å². The molecule has 0 saturated carbocycles. The predicted octanol–water partition coefficient (Wildman–Crippen LogP) is 3.10. The highest BCUT2D eigenvalue weighted by Crippen LogP contribution is 2.15. The highest BCUT2D eigenvalue weighted by atomic mass is 16.2. The van der Waals surface area contributed by atoms with Gasteiger partial charge in [-0.25, -0.2) is 0 Å². The standard InChI is InChI=1S/C20H21N3O2/c1-15-6-2-3-7-16(15)10-11-19(24)22-14-17-8-4-5-9-18(17)23-20(25)12-13-21/h2-9H,10-12,14H2,1H3,(H,22,24)(H,23,25).